The molecule has 27 heavy (non-hydrogen) atoms. The number of nitrogens with zero attached hydrogens (tertiary/aromatic N) is 2. The number of hydrogen-bond acceptors (Lipinski definition) is 5. The maximum absolute atomic E-state index is 11.3. The number of aromatic nitrogens is 1. The van der Waals surface area contributed by atoms with Gasteiger partial charge in [0.1, 0.15) is 15.9 Å². The largest absolute Gasteiger partial charge is 0.474 e. The molecule has 0 aliphatic heterocycles. The highest BCUT2D eigenvalue weighted by molar-refractivity contribution is 7.90. The van der Waals surface area contributed by atoms with Gasteiger partial charge in [-0.1, -0.05) is 6.42 Å². The minimum Gasteiger partial charge on any atom is -0.474 e. The monoisotopic (exact) mass is 396 g/mol. The smallest absolute Gasteiger partial charge is 0.213 e. The zero-order valence-corrected chi connectivity index (χ0v) is 17.4. The van der Waals surface area contributed by atoms with Gasteiger partial charge in [0.2, 0.25) is 5.88 Å². The van der Waals surface area contributed by atoms with Crippen LogP contribution in [0.4, 0.5) is 0 Å². The molecule has 1 heterocycles. The Hall–Kier alpha value is -1.83. The molecule has 7 nitrogen and oxygen atoms in total. The van der Waals surface area contributed by atoms with Gasteiger partial charge in [-0.05, 0) is 50.7 Å². The Balaban J connectivity index is 1.82. The van der Waals surface area contributed by atoms with E-state index in [1.54, 1.807) is 13.2 Å². The summed E-state index contributed by atoms with van der Waals surface area (Å²) in [6, 6.07) is 3.91. The third kappa shape index (κ3) is 8.60. The van der Waals surface area contributed by atoms with Gasteiger partial charge in [-0.25, -0.2) is 13.4 Å². The van der Waals surface area contributed by atoms with E-state index in [0.29, 0.717) is 24.8 Å². The predicted octanol–water partition coefficient (Wildman–Crippen LogP) is 2.28. The van der Waals surface area contributed by atoms with Crippen LogP contribution >= 0.6 is 0 Å². The molecule has 2 N–H and O–H groups in total. The summed E-state index contributed by atoms with van der Waals surface area (Å²) in [4.78, 5) is 8.53. The van der Waals surface area contributed by atoms with E-state index in [1.165, 1.54) is 25.5 Å². The van der Waals surface area contributed by atoms with Gasteiger partial charge in [0.15, 0.2) is 5.96 Å². The van der Waals surface area contributed by atoms with Crippen LogP contribution in [0.2, 0.25) is 0 Å². The molecule has 2 rings (SSSR count). The Kier molecular flexibility index (Phi) is 8.34. The molecule has 1 aromatic rings. The zero-order chi connectivity index (χ0) is 19.7. The van der Waals surface area contributed by atoms with E-state index in [1.807, 2.05) is 19.1 Å². The molecular weight excluding hydrogens is 364 g/mol. The fourth-order valence-corrected chi connectivity index (χ4v) is 3.84. The van der Waals surface area contributed by atoms with Crippen LogP contribution in [-0.4, -0.2) is 50.6 Å². The summed E-state index contributed by atoms with van der Waals surface area (Å²) in [5, 5.41) is 6.47. The molecule has 0 aromatic carbocycles. The van der Waals surface area contributed by atoms with Crippen LogP contribution in [0.1, 0.15) is 51.0 Å². The zero-order valence-electron chi connectivity index (χ0n) is 16.6. The van der Waals surface area contributed by atoms with Gasteiger partial charge in [-0.15, -0.1) is 0 Å². The van der Waals surface area contributed by atoms with Gasteiger partial charge in [0.25, 0.3) is 0 Å². The molecule has 1 aliphatic carbocycles. The first kappa shape index (κ1) is 21.5. The number of guanidine groups is 1. The van der Waals surface area contributed by atoms with E-state index in [4.69, 9.17) is 4.74 Å². The lowest BCUT2D eigenvalue weighted by molar-refractivity contribution is 0.148. The highest BCUT2D eigenvalue weighted by Gasteiger charge is 2.15. The van der Waals surface area contributed by atoms with E-state index in [9.17, 15) is 8.42 Å². The van der Waals surface area contributed by atoms with Crippen LogP contribution in [0.3, 0.4) is 0 Å². The van der Waals surface area contributed by atoms with Gasteiger partial charge in [0, 0.05) is 38.2 Å². The molecule has 0 radical (unpaired) electrons. The first-order valence-electron chi connectivity index (χ1n) is 9.62. The summed E-state index contributed by atoms with van der Waals surface area (Å²) in [6.07, 6.45) is 9.79. The first-order valence-corrected chi connectivity index (χ1v) is 11.7. The summed E-state index contributed by atoms with van der Waals surface area (Å²) in [7, 11) is -1.26. The Labute approximate surface area is 162 Å². The lowest BCUT2D eigenvalue weighted by Gasteiger charge is -2.22. The van der Waals surface area contributed by atoms with Crippen molar-refractivity contribution in [2.24, 2.45) is 4.99 Å². The summed E-state index contributed by atoms with van der Waals surface area (Å²) >= 11 is 0. The Bertz CT molecular complexity index is 715. The van der Waals surface area contributed by atoms with Crippen molar-refractivity contribution in [2.45, 2.75) is 64.1 Å². The minimum absolute atomic E-state index is 0.00793. The van der Waals surface area contributed by atoms with Crippen molar-refractivity contribution < 1.29 is 13.2 Å². The molecule has 1 saturated carbocycles. The number of rotatable bonds is 8. The number of aliphatic imine (C=N–C) groups is 1. The van der Waals surface area contributed by atoms with Crippen molar-refractivity contribution in [3.8, 4) is 5.88 Å². The molecule has 0 spiro atoms. The van der Waals surface area contributed by atoms with Crippen LogP contribution in [0.5, 0.6) is 5.88 Å². The van der Waals surface area contributed by atoms with Crippen molar-refractivity contribution in [3.63, 3.8) is 0 Å². The number of hydrogen-bond donors (Lipinski definition) is 2. The summed E-state index contributed by atoms with van der Waals surface area (Å²) in [6.45, 7) is 2.53. The molecule has 0 amide bonds. The van der Waals surface area contributed by atoms with Gasteiger partial charge < -0.3 is 15.4 Å². The molecule has 1 atom stereocenters. The van der Waals surface area contributed by atoms with Crippen molar-refractivity contribution in [1.29, 1.82) is 0 Å². The third-order valence-electron chi connectivity index (χ3n) is 4.63. The van der Waals surface area contributed by atoms with Crippen LogP contribution in [0, 0.1) is 0 Å². The molecular formula is C19H32N4O3S. The topological polar surface area (TPSA) is 92.7 Å². The molecule has 152 valence electrons. The maximum atomic E-state index is 11.3. The summed E-state index contributed by atoms with van der Waals surface area (Å²) < 4.78 is 28.6. The van der Waals surface area contributed by atoms with Crippen molar-refractivity contribution >= 4 is 15.8 Å². The minimum atomic E-state index is -2.96. The first-order chi connectivity index (χ1) is 12.9. The van der Waals surface area contributed by atoms with Gasteiger partial charge in [-0.3, -0.25) is 4.99 Å². The molecule has 0 saturated heterocycles. The maximum Gasteiger partial charge on any atom is 0.213 e. The number of sulfone groups is 1. The molecule has 1 unspecified atom stereocenters. The Morgan fingerprint density at radius 3 is 2.78 bits per heavy atom. The molecule has 1 aliphatic rings. The predicted molar refractivity (Wildman–Crippen MR) is 109 cm³/mol. The molecule has 1 fully saturated rings. The average molecular weight is 397 g/mol. The average Bonchev–Trinajstić information content (AvgIpc) is 2.64. The van der Waals surface area contributed by atoms with Gasteiger partial charge >= 0.3 is 0 Å². The van der Waals surface area contributed by atoms with E-state index in [0.717, 1.165) is 18.4 Å². The molecule has 1 aromatic heterocycles. The van der Waals surface area contributed by atoms with Crippen LogP contribution < -0.4 is 15.4 Å². The number of ether oxygens (including phenoxy) is 1. The fourth-order valence-electron chi connectivity index (χ4n) is 3.06. The Morgan fingerprint density at radius 1 is 1.37 bits per heavy atom. The van der Waals surface area contributed by atoms with Crippen molar-refractivity contribution in [2.75, 3.05) is 19.1 Å². The van der Waals surface area contributed by atoms with Crippen molar-refractivity contribution in [1.82, 2.24) is 15.6 Å². The molecule has 0 bridgehead atoms. The second kappa shape index (κ2) is 10.5. The lowest BCUT2D eigenvalue weighted by Crippen LogP contribution is -2.42. The standard InChI is InChI=1S/C19H32N4O3S/c1-15(10-12-27(3,24)25)23-19(20-2)22-14-16-9-11-21-18(13-16)26-17-7-5-4-6-8-17/h9,11,13,15,17H,4-8,10,12,14H2,1-3H3,(H2,20,22,23). The SMILES string of the molecule is CN=C(NCc1ccnc(OC2CCCCC2)c1)NC(C)CCS(C)(=O)=O. The normalized spacial score (nSPS) is 17.4. The fraction of sp³-hybridized carbons (Fsp3) is 0.684. The highest BCUT2D eigenvalue weighted by Crippen LogP contribution is 2.22. The van der Waals surface area contributed by atoms with Crippen LogP contribution in [0.15, 0.2) is 23.3 Å². The third-order valence-corrected chi connectivity index (χ3v) is 5.60. The summed E-state index contributed by atoms with van der Waals surface area (Å²) in [5.74, 6) is 1.47. The lowest BCUT2D eigenvalue weighted by atomic mass is 9.98. The highest BCUT2D eigenvalue weighted by atomic mass is 32.2. The van der Waals surface area contributed by atoms with Gasteiger partial charge in [-0.2, -0.15) is 0 Å². The second-order valence-corrected chi connectivity index (χ2v) is 9.53. The van der Waals surface area contributed by atoms with E-state index < -0.39 is 9.84 Å². The van der Waals surface area contributed by atoms with E-state index in [2.05, 4.69) is 20.6 Å². The second-order valence-electron chi connectivity index (χ2n) is 7.27. The molecule has 8 heteroatoms. The Morgan fingerprint density at radius 2 is 2.11 bits per heavy atom. The van der Waals surface area contributed by atoms with Crippen LogP contribution in [-0.2, 0) is 16.4 Å². The number of nitrogens with one attached hydrogen (secondary N) is 2. The van der Waals surface area contributed by atoms with Crippen LogP contribution in [0.25, 0.3) is 0 Å². The number of pyridine rings is 1. The summed E-state index contributed by atoms with van der Waals surface area (Å²) in [5.41, 5.74) is 1.06. The quantitative estimate of drug-likeness (QED) is 0.517. The van der Waals surface area contributed by atoms with Crippen molar-refractivity contribution in [3.05, 3.63) is 23.9 Å². The van der Waals surface area contributed by atoms with Gasteiger partial charge in [0.05, 0.1) is 5.75 Å². The van der Waals surface area contributed by atoms with E-state index >= 15 is 0 Å². The van der Waals surface area contributed by atoms with E-state index in [-0.39, 0.29) is 17.9 Å².